The number of aromatic nitrogens is 1. The fourth-order valence-corrected chi connectivity index (χ4v) is 2.39. The summed E-state index contributed by atoms with van der Waals surface area (Å²) < 4.78 is 0.924. The first kappa shape index (κ1) is 11.1. The summed E-state index contributed by atoms with van der Waals surface area (Å²) >= 11 is 4.68. The minimum atomic E-state index is -0.151. The summed E-state index contributed by atoms with van der Waals surface area (Å²) in [5, 5.41) is 2.73. The maximum absolute atomic E-state index is 11.7. The molecule has 0 fully saturated rings. The number of rotatable bonds is 2. The van der Waals surface area contributed by atoms with Crippen molar-refractivity contribution in [2.75, 3.05) is 11.1 Å². The van der Waals surface area contributed by atoms with Crippen LogP contribution in [0.4, 0.5) is 11.5 Å². The van der Waals surface area contributed by atoms with E-state index >= 15 is 0 Å². The number of halogens is 1. The summed E-state index contributed by atoms with van der Waals surface area (Å²) in [5.41, 5.74) is 6.07. The van der Waals surface area contributed by atoms with Crippen LogP contribution in [0.15, 0.2) is 34.2 Å². The van der Waals surface area contributed by atoms with E-state index in [-0.39, 0.29) is 5.91 Å². The fourth-order valence-electron chi connectivity index (χ4n) is 1.11. The van der Waals surface area contributed by atoms with Crippen molar-refractivity contribution in [3.8, 4) is 0 Å². The Labute approximate surface area is 105 Å². The van der Waals surface area contributed by atoms with Crippen LogP contribution in [-0.2, 0) is 0 Å². The maximum Gasteiger partial charge on any atom is 0.265 e. The van der Waals surface area contributed by atoms with Gasteiger partial charge in [-0.3, -0.25) is 4.79 Å². The van der Waals surface area contributed by atoms with Gasteiger partial charge in [0.05, 0.1) is 20.5 Å². The number of carbonyl (C=O) groups is 1. The number of amides is 1. The van der Waals surface area contributed by atoms with Crippen molar-refractivity contribution in [3.63, 3.8) is 0 Å². The van der Waals surface area contributed by atoms with Gasteiger partial charge in [0, 0.05) is 0 Å². The molecule has 0 saturated heterocycles. The summed E-state index contributed by atoms with van der Waals surface area (Å²) in [6.45, 7) is 0. The molecule has 0 unspecified atom stereocenters. The molecule has 0 atom stereocenters. The van der Waals surface area contributed by atoms with Crippen LogP contribution in [0.25, 0.3) is 0 Å². The number of nitrogen functional groups attached to an aromatic ring is 1. The lowest BCUT2D eigenvalue weighted by Gasteiger charge is -2.02. The number of nitrogens with one attached hydrogen (secondary N) is 1. The molecule has 3 N–H and O–H groups in total. The molecule has 0 aliphatic carbocycles. The Balaban J connectivity index is 2.10. The quantitative estimate of drug-likeness (QED) is 0.895. The lowest BCUT2D eigenvalue weighted by Crippen LogP contribution is -2.10. The molecule has 4 nitrogen and oxygen atoms in total. The monoisotopic (exact) mass is 297 g/mol. The molecule has 2 aromatic heterocycles. The van der Waals surface area contributed by atoms with Crippen LogP contribution < -0.4 is 11.1 Å². The molecule has 1 amide bonds. The maximum atomic E-state index is 11.7. The standard InChI is InChI=1S/C10H8BrN3OS/c11-8-3-2-7(16-8)10(15)14-6-1-4-9(12)13-5-6/h1-5H,(H2,12,13)(H,14,15). The van der Waals surface area contributed by atoms with E-state index in [2.05, 4.69) is 26.2 Å². The van der Waals surface area contributed by atoms with E-state index in [4.69, 9.17) is 5.73 Å². The van der Waals surface area contributed by atoms with Gasteiger partial charge in [-0.05, 0) is 40.2 Å². The van der Waals surface area contributed by atoms with Crippen LogP contribution in [0.3, 0.4) is 0 Å². The normalized spacial score (nSPS) is 10.1. The number of anilines is 2. The Bertz CT molecular complexity index is 509. The number of hydrogen-bond donors (Lipinski definition) is 2. The molecule has 0 spiro atoms. The van der Waals surface area contributed by atoms with Crippen molar-refractivity contribution in [2.45, 2.75) is 0 Å². The Kier molecular flexibility index (Phi) is 3.21. The minimum Gasteiger partial charge on any atom is -0.384 e. The van der Waals surface area contributed by atoms with E-state index in [0.717, 1.165) is 3.79 Å². The molecule has 0 radical (unpaired) electrons. The third kappa shape index (κ3) is 2.59. The lowest BCUT2D eigenvalue weighted by molar-refractivity contribution is 0.103. The van der Waals surface area contributed by atoms with Gasteiger partial charge < -0.3 is 11.1 Å². The van der Waals surface area contributed by atoms with Crippen LogP contribution in [0, 0.1) is 0 Å². The molecule has 0 aliphatic rings. The van der Waals surface area contributed by atoms with E-state index in [0.29, 0.717) is 16.4 Å². The summed E-state index contributed by atoms with van der Waals surface area (Å²) in [6.07, 6.45) is 1.52. The molecule has 16 heavy (non-hydrogen) atoms. The van der Waals surface area contributed by atoms with E-state index in [9.17, 15) is 4.79 Å². The molecule has 82 valence electrons. The average Bonchev–Trinajstić information content (AvgIpc) is 2.68. The number of hydrogen-bond acceptors (Lipinski definition) is 4. The van der Waals surface area contributed by atoms with Crippen LogP contribution in [0.1, 0.15) is 9.67 Å². The van der Waals surface area contributed by atoms with Crippen LogP contribution in [-0.4, -0.2) is 10.9 Å². The van der Waals surface area contributed by atoms with Gasteiger partial charge in [0.15, 0.2) is 0 Å². The van der Waals surface area contributed by atoms with Crippen LogP contribution in [0.2, 0.25) is 0 Å². The Morgan fingerprint density at radius 1 is 1.38 bits per heavy atom. The highest BCUT2D eigenvalue weighted by Gasteiger charge is 2.08. The van der Waals surface area contributed by atoms with Crippen LogP contribution >= 0.6 is 27.3 Å². The summed E-state index contributed by atoms with van der Waals surface area (Å²) in [6, 6.07) is 6.94. The smallest absolute Gasteiger partial charge is 0.265 e. The van der Waals surface area contributed by atoms with Crippen molar-refractivity contribution >= 4 is 44.7 Å². The zero-order valence-corrected chi connectivity index (χ0v) is 10.5. The van der Waals surface area contributed by atoms with Crippen molar-refractivity contribution in [1.82, 2.24) is 4.98 Å². The van der Waals surface area contributed by atoms with Gasteiger partial charge in [0.2, 0.25) is 0 Å². The zero-order chi connectivity index (χ0) is 11.5. The number of pyridine rings is 1. The first-order valence-corrected chi connectivity index (χ1v) is 6.04. The number of carbonyl (C=O) groups excluding carboxylic acids is 1. The second-order valence-electron chi connectivity index (χ2n) is 3.03. The largest absolute Gasteiger partial charge is 0.384 e. The summed E-state index contributed by atoms with van der Waals surface area (Å²) in [5.74, 6) is 0.277. The van der Waals surface area contributed by atoms with Gasteiger partial charge >= 0.3 is 0 Å². The lowest BCUT2D eigenvalue weighted by atomic mass is 10.3. The Hall–Kier alpha value is -1.40. The first-order chi connectivity index (χ1) is 7.65. The molecule has 2 aromatic rings. The number of thiophene rings is 1. The van der Waals surface area contributed by atoms with Crippen molar-refractivity contribution < 1.29 is 4.79 Å². The van der Waals surface area contributed by atoms with Gasteiger partial charge in [0.1, 0.15) is 5.82 Å². The first-order valence-electron chi connectivity index (χ1n) is 4.43. The molecule has 6 heteroatoms. The Morgan fingerprint density at radius 3 is 2.75 bits per heavy atom. The minimum absolute atomic E-state index is 0.151. The van der Waals surface area contributed by atoms with Crippen molar-refractivity contribution in [2.24, 2.45) is 0 Å². The van der Waals surface area contributed by atoms with Gasteiger partial charge in [0.25, 0.3) is 5.91 Å². The second kappa shape index (κ2) is 4.63. The molecule has 0 saturated carbocycles. The van der Waals surface area contributed by atoms with E-state index in [1.165, 1.54) is 17.5 Å². The third-order valence-electron chi connectivity index (χ3n) is 1.84. The highest BCUT2D eigenvalue weighted by molar-refractivity contribution is 9.11. The topological polar surface area (TPSA) is 68.0 Å². The van der Waals surface area contributed by atoms with Gasteiger partial charge in [-0.15, -0.1) is 11.3 Å². The summed E-state index contributed by atoms with van der Waals surface area (Å²) in [7, 11) is 0. The van der Waals surface area contributed by atoms with E-state index in [1.807, 2.05) is 6.07 Å². The van der Waals surface area contributed by atoms with Crippen molar-refractivity contribution in [3.05, 3.63) is 39.1 Å². The van der Waals surface area contributed by atoms with Gasteiger partial charge in [-0.1, -0.05) is 0 Å². The number of nitrogens with zero attached hydrogens (tertiary/aromatic N) is 1. The van der Waals surface area contributed by atoms with Gasteiger partial charge in [-0.2, -0.15) is 0 Å². The third-order valence-corrected chi connectivity index (χ3v) is 3.46. The van der Waals surface area contributed by atoms with E-state index in [1.54, 1.807) is 18.2 Å². The number of nitrogens with two attached hydrogens (primary N) is 1. The van der Waals surface area contributed by atoms with Gasteiger partial charge in [-0.25, -0.2) is 4.98 Å². The Morgan fingerprint density at radius 2 is 2.19 bits per heavy atom. The van der Waals surface area contributed by atoms with Crippen LogP contribution in [0.5, 0.6) is 0 Å². The molecule has 2 rings (SSSR count). The van der Waals surface area contributed by atoms with E-state index < -0.39 is 0 Å². The zero-order valence-electron chi connectivity index (χ0n) is 8.11. The predicted molar refractivity (Wildman–Crippen MR) is 68.6 cm³/mol. The second-order valence-corrected chi connectivity index (χ2v) is 5.49. The highest BCUT2D eigenvalue weighted by atomic mass is 79.9. The molecule has 0 aromatic carbocycles. The average molecular weight is 298 g/mol. The summed E-state index contributed by atoms with van der Waals surface area (Å²) in [4.78, 5) is 16.3. The highest BCUT2D eigenvalue weighted by Crippen LogP contribution is 2.22. The fraction of sp³-hybridized carbons (Fsp3) is 0. The molecular formula is C10H8BrN3OS. The molecule has 2 heterocycles. The molecule has 0 aliphatic heterocycles. The SMILES string of the molecule is Nc1ccc(NC(=O)c2ccc(Br)s2)cn1. The predicted octanol–water partition coefficient (Wildman–Crippen LogP) is 2.74. The molecule has 0 bridgehead atoms. The molecular weight excluding hydrogens is 290 g/mol. The van der Waals surface area contributed by atoms with Crippen molar-refractivity contribution in [1.29, 1.82) is 0 Å².